The Morgan fingerprint density at radius 2 is 2.10 bits per heavy atom. The van der Waals surface area contributed by atoms with Gasteiger partial charge in [0.1, 0.15) is 10.6 Å². The molecule has 0 spiro atoms. The maximum absolute atomic E-state index is 12.0. The topological polar surface area (TPSA) is 51.2 Å². The number of hydrogen-bond donors (Lipinski definition) is 1. The van der Waals surface area contributed by atoms with Crippen molar-refractivity contribution in [2.24, 2.45) is 0 Å². The number of rotatable bonds is 5. The first kappa shape index (κ1) is 14.5. The second kappa shape index (κ2) is 6.52. The molecule has 0 radical (unpaired) electrons. The predicted octanol–water partition coefficient (Wildman–Crippen LogP) is 3.80. The summed E-state index contributed by atoms with van der Waals surface area (Å²) in [6, 6.07) is 10.2. The molecule has 1 unspecified atom stereocenters. The fourth-order valence-corrected chi connectivity index (χ4v) is 2.80. The average molecular weight is 290 g/mol. The molecule has 5 heteroatoms. The van der Waals surface area contributed by atoms with Crippen molar-refractivity contribution >= 4 is 22.5 Å². The number of benzene rings is 1. The molecular formula is C15H18N2O2S. The van der Waals surface area contributed by atoms with E-state index in [1.807, 2.05) is 25.1 Å². The maximum atomic E-state index is 12.0. The number of anilines is 1. The Morgan fingerprint density at radius 3 is 2.75 bits per heavy atom. The van der Waals surface area contributed by atoms with Crippen LogP contribution in [0.3, 0.4) is 0 Å². The largest absolute Gasteiger partial charge is 0.462 e. The lowest BCUT2D eigenvalue weighted by molar-refractivity contribution is 0.0527. The van der Waals surface area contributed by atoms with E-state index in [1.54, 1.807) is 6.92 Å². The lowest BCUT2D eigenvalue weighted by atomic mass is 10.1. The zero-order valence-corrected chi connectivity index (χ0v) is 12.7. The molecule has 1 atom stereocenters. The molecule has 1 aromatic heterocycles. The van der Waals surface area contributed by atoms with Crippen molar-refractivity contribution in [3.8, 4) is 0 Å². The van der Waals surface area contributed by atoms with Gasteiger partial charge in [-0.05, 0) is 37.9 Å². The summed E-state index contributed by atoms with van der Waals surface area (Å²) in [5.41, 5.74) is 2.41. The average Bonchev–Trinajstić information content (AvgIpc) is 2.81. The Kier molecular flexibility index (Phi) is 4.74. The smallest absolute Gasteiger partial charge is 0.343 e. The van der Waals surface area contributed by atoms with Crippen LogP contribution in [0.15, 0.2) is 30.3 Å². The highest BCUT2D eigenvalue weighted by Gasteiger charge is 2.20. The Morgan fingerprint density at radius 1 is 1.40 bits per heavy atom. The molecule has 2 aromatic rings. The number of ether oxygens (including phenoxy) is 1. The van der Waals surface area contributed by atoms with Crippen LogP contribution in [-0.4, -0.2) is 16.9 Å². The van der Waals surface area contributed by atoms with Crippen LogP contribution in [-0.2, 0) is 4.74 Å². The van der Waals surface area contributed by atoms with E-state index in [1.165, 1.54) is 11.5 Å². The summed E-state index contributed by atoms with van der Waals surface area (Å²) in [4.78, 5) is 12.0. The Hall–Kier alpha value is -1.88. The molecule has 1 N–H and O–H groups in total. The summed E-state index contributed by atoms with van der Waals surface area (Å²) in [7, 11) is 0. The molecule has 2 rings (SSSR count). The van der Waals surface area contributed by atoms with Gasteiger partial charge in [-0.3, -0.25) is 0 Å². The van der Waals surface area contributed by atoms with E-state index in [0.717, 1.165) is 10.6 Å². The van der Waals surface area contributed by atoms with Crippen molar-refractivity contribution in [3.05, 3.63) is 47.2 Å². The third-order valence-corrected chi connectivity index (χ3v) is 3.86. The van der Waals surface area contributed by atoms with Crippen molar-refractivity contribution < 1.29 is 9.53 Å². The number of carbonyl (C=O) groups is 1. The Bertz CT molecular complexity index is 581. The number of nitrogens with zero attached hydrogens (tertiary/aromatic N) is 1. The van der Waals surface area contributed by atoms with Crippen LogP contribution in [0.4, 0.5) is 5.00 Å². The molecule has 20 heavy (non-hydrogen) atoms. The lowest BCUT2D eigenvalue weighted by Gasteiger charge is -2.15. The molecule has 0 aliphatic carbocycles. The van der Waals surface area contributed by atoms with Gasteiger partial charge in [0.15, 0.2) is 0 Å². The number of carbonyl (C=O) groups excluding carboxylic acids is 1. The molecule has 0 aliphatic rings. The van der Waals surface area contributed by atoms with Gasteiger partial charge >= 0.3 is 5.97 Å². The van der Waals surface area contributed by atoms with Gasteiger partial charge in [0.05, 0.1) is 12.3 Å². The minimum Gasteiger partial charge on any atom is -0.462 e. The van der Waals surface area contributed by atoms with Crippen molar-refractivity contribution in [3.63, 3.8) is 0 Å². The first-order valence-electron chi connectivity index (χ1n) is 6.58. The molecule has 0 fully saturated rings. The van der Waals surface area contributed by atoms with E-state index in [0.29, 0.717) is 17.9 Å². The van der Waals surface area contributed by atoms with Crippen molar-refractivity contribution in [2.45, 2.75) is 26.8 Å². The zero-order chi connectivity index (χ0) is 14.5. The summed E-state index contributed by atoms with van der Waals surface area (Å²) in [6.07, 6.45) is 0. The third kappa shape index (κ3) is 3.17. The van der Waals surface area contributed by atoms with Crippen LogP contribution >= 0.6 is 11.5 Å². The summed E-state index contributed by atoms with van der Waals surface area (Å²) in [5, 5.41) is 4.10. The second-order valence-electron chi connectivity index (χ2n) is 4.47. The fourth-order valence-electron chi connectivity index (χ4n) is 1.93. The summed E-state index contributed by atoms with van der Waals surface area (Å²) in [5.74, 6) is -0.318. The minimum absolute atomic E-state index is 0.101. The standard InChI is InChI=1S/C15H18N2O2S/c1-4-19-15(18)13-11(3)17-20-14(13)16-10(2)12-8-6-5-7-9-12/h5-10,16H,4H2,1-3H3. The van der Waals surface area contributed by atoms with E-state index < -0.39 is 0 Å². The predicted molar refractivity (Wildman–Crippen MR) is 81.3 cm³/mol. The maximum Gasteiger partial charge on any atom is 0.343 e. The van der Waals surface area contributed by atoms with Crippen LogP contribution in [0.5, 0.6) is 0 Å². The lowest BCUT2D eigenvalue weighted by Crippen LogP contribution is -2.11. The number of hydrogen-bond acceptors (Lipinski definition) is 5. The third-order valence-electron chi connectivity index (χ3n) is 2.99. The molecule has 1 heterocycles. The SMILES string of the molecule is CCOC(=O)c1c(C)nsc1NC(C)c1ccccc1. The van der Waals surface area contributed by atoms with Crippen molar-refractivity contribution in [2.75, 3.05) is 11.9 Å². The van der Waals surface area contributed by atoms with Gasteiger partial charge < -0.3 is 10.1 Å². The molecule has 106 valence electrons. The first-order chi connectivity index (χ1) is 9.63. The molecule has 4 nitrogen and oxygen atoms in total. The van der Waals surface area contributed by atoms with Crippen LogP contribution in [0.25, 0.3) is 0 Å². The van der Waals surface area contributed by atoms with E-state index in [4.69, 9.17) is 4.74 Å². The van der Waals surface area contributed by atoms with Gasteiger partial charge in [-0.1, -0.05) is 30.3 Å². The normalized spacial score (nSPS) is 11.9. The number of nitrogens with one attached hydrogen (secondary N) is 1. The quantitative estimate of drug-likeness (QED) is 0.851. The summed E-state index contributed by atoms with van der Waals surface area (Å²) >= 11 is 1.29. The molecule has 0 bridgehead atoms. The molecule has 0 saturated heterocycles. The monoisotopic (exact) mass is 290 g/mol. The van der Waals surface area contributed by atoms with E-state index in [-0.39, 0.29) is 12.0 Å². The fraction of sp³-hybridized carbons (Fsp3) is 0.333. The first-order valence-corrected chi connectivity index (χ1v) is 7.35. The summed E-state index contributed by atoms with van der Waals surface area (Å²) in [6.45, 7) is 6.04. The highest BCUT2D eigenvalue weighted by Crippen LogP contribution is 2.29. The van der Waals surface area contributed by atoms with E-state index >= 15 is 0 Å². The number of esters is 1. The van der Waals surface area contributed by atoms with Gasteiger partial charge in [-0.2, -0.15) is 4.37 Å². The van der Waals surface area contributed by atoms with Crippen molar-refractivity contribution in [1.82, 2.24) is 4.37 Å². The van der Waals surface area contributed by atoms with Crippen LogP contribution in [0, 0.1) is 6.92 Å². The van der Waals surface area contributed by atoms with Crippen LogP contribution in [0.1, 0.15) is 41.5 Å². The summed E-state index contributed by atoms with van der Waals surface area (Å²) < 4.78 is 9.33. The molecule has 0 aliphatic heterocycles. The van der Waals surface area contributed by atoms with Gasteiger partial charge in [0.25, 0.3) is 0 Å². The second-order valence-corrected chi connectivity index (χ2v) is 5.24. The minimum atomic E-state index is -0.318. The molecule has 0 saturated carbocycles. The highest BCUT2D eigenvalue weighted by molar-refractivity contribution is 7.10. The van der Waals surface area contributed by atoms with Crippen LogP contribution in [0.2, 0.25) is 0 Å². The number of aromatic nitrogens is 1. The number of aryl methyl sites for hydroxylation is 1. The molecular weight excluding hydrogens is 272 g/mol. The molecule has 0 amide bonds. The van der Waals surface area contributed by atoms with Gasteiger partial charge in [0.2, 0.25) is 0 Å². The van der Waals surface area contributed by atoms with Crippen molar-refractivity contribution in [1.29, 1.82) is 0 Å². The van der Waals surface area contributed by atoms with Crippen LogP contribution < -0.4 is 5.32 Å². The van der Waals surface area contributed by atoms with E-state index in [2.05, 4.69) is 28.7 Å². The zero-order valence-electron chi connectivity index (χ0n) is 11.8. The van der Waals surface area contributed by atoms with Gasteiger partial charge in [-0.25, -0.2) is 4.79 Å². The molecule has 1 aromatic carbocycles. The van der Waals surface area contributed by atoms with Gasteiger partial charge in [0, 0.05) is 6.04 Å². The Labute approximate surface area is 123 Å². The van der Waals surface area contributed by atoms with E-state index in [9.17, 15) is 4.79 Å². The van der Waals surface area contributed by atoms with Gasteiger partial charge in [-0.15, -0.1) is 0 Å². The Balaban J connectivity index is 2.20. The highest BCUT2D eigenvalue weighted by atomic mass is 32.1.